The van der Waals surface area contributed by atoms with Crippen molar-refractivity contribution >= 4 is 88.0 Å². The maximum absolute atomic E-state index is 13.6. The number of esters is 1. The lowest BCUT2D eigenvalue weighted by molar-refractivity contribution is -0.132. The number of methoxy groups -OCH3 is 3. The van der Waals surface area contributed by atoms with Crippen LogP contribution in [0.3, 0.4) is 0 Å². The number of carbonyl (C=O) groups excluding carboxylic acids is 2. The highest BCUT2D eigenvalue weighted by Gasteiger charge is 2.31. The van der Waals surface area contributed by atoms with E-state index in [4.69, 9.17) is 23.9 Å². The molecule has 0 radical (unpaired) electrons. The number of thiazole rings is 1. The molecule has 3 aromatic carbocycles. The van der Waals surface area contributed by atoms with E-state index in [1.54, 1.807) is 30.5 Å². The largest absolute Gasteiger partial charge is 0.493 e. The number of rotatable bonds is 8. The number of aromatic nitrogens is 1. The van der Waals surface area contributed by atoms with Crippen molar-refractivity contribution in [1.29, 1.82) is 0 Å². The van der Waals surface area contributed by atoms with Gasteiger partial charge in [0.2, 0.25) is 10.9 Å². The van der Waals surface area contributed by atoms with Gasteiger partial charge in [0, 0.05) is 33.2 Å². The van der Waals surface area contributed by atoms with Crippen molar-refractivity contribution in [2.75, 3.05) is 26.3 Å². The lowest BCUT2D eigenvalue weighted by Crippen LogP contribution is -2.50. The number of hydrogen-bond donors (Lipinski definition) is 1. The zero-order valence-corrected chi connectivity index (χ0v) is 29.2. The van der Waals surface area contributed by atoms with E-state index in [9.17, 15) is 9.59 Å². The molecule has 1 N–H and O–H groups in total. The Morgan fingerprint density at radius 2 is 1.59 bits per heavy atom. The van der Waals surface area contributed by atoms with Gasteiger partial charge >= 0.3 is 5.97 Å². The second kappa shape index (κ2) is 13.5. The lowest BCUT2D eigenvalue weighted by Gasteiger charge is -2.29. The Bertz CT molecular complexity index is 1800. The number of anilines is 1. The van der Waals surface area contributed by atoms with Crippen LogP contribution in [0.1, 0.15) is 18.1 Å². The molecule has 0 aliphatic carbocycles. The number of ether oxygens (including phenoxy) is 4. The summed E-state index contributed by atoms with van der Waals surface area (Å²) in [6.45, 7) is 1.30. The third kappa shape index (κ3) is 6.67. The summed E-state index contributed by atoms with van der Waals surface area (Å²) in [6, 6.07) is 14.7. The van der Waals surface area contributed by atoms with Crippen molar-refractivity contribution < 1.29 is 28.5 Å². The highest BCUT2D eigenvalue weighted by atomic mass is 79.9. The first-order chi connectivity index (χ1) is 21.1. The molecule has 0 spiro atoms. The lowest BCUT2D eigenvalue weighted by atomic mass is 10.1. The quantitative estimate of drug-likeness (QED) is 0.112. The van der Waals surface area contributed by atoms with E-state index >= 15 is 0 Å². The number of aliphatic imine (C=N–C) groups is 1. The number of amidine groups is 1. The average molecular weight is 807 g/mol. The van der Waals surface area contributed by atoms with Gasteiger partial charge < -0.3 is 18.9 Å². The molecule has 0 saturated carbocycles. The number of nitrogens with one attached hydrogen (secondary N) is 1. The highest BCUT2D eigenvalue weighted by molar-refractivity contribution is 9.11. The van der Waals surface area contributed by atoms with Crippen molar-refractivity contribution in [3.8, 4) is 33.4 Å². The van der Waals surface area contributed by atoms with Gasteiger partial charge in [0.05, 0.1) is 30.7 Å². The van der Waals surface area contributed by atoms with Crippen molar-refractivity contribution in [3.63, 3.8) is 0 Å². The molecule has 0 unspecified atom stereocenters. The van der Waals surface area contributed by atoms with Crippen molar-refractivity contribution in [1.82, 2.24) is 10.4 Å². The van der Waals surface area contributed by atoms with Crippen LogP contribution in [0.2, 0.25) is 0 Å². The van der Waals surface area contributed by atoms with E-state index in [1.165, 1.54) is 50.7 Å². The van der Waals surface area contributed by atoms with Crippen LogP contribution in [0.25, 0.3) is 16.5 Å². The molecule has 1 aliphatic heterocycles. The SMILES string of the molecule is COc1cc(C2=N/C(=C\c3cc(Br)cc(Br)c3OC(C)=O)C(=O)NN2c2ncc(-c3ccc(Br)cc3)s2)cc(OC)c1OC. The third-order valence-corrected chi connectivity index (χ3v) is 8.80. The van der Waals surface area contributed by atoms with Crippen LogP contribution in [0.15, 0.2) is 78.8 Å². The zero-order valence-electron chi connectivity index (χ0n) is 23.6. The van der Waals surface area contributed by atoms with Gasteiger partial charge in [-0.3, -0.25) is 15.0 Å². The fourth-order valence-corrected chi connectivity index (χ4v) is 6.76. The van der Waals surface area contributed by atoms with Crippen LogP contribution in [-0.4, -0.2) is 44.0 Å². The summed E-state index contributed by atoms with van der Waals surface area (Å²) in [5.41, 5.74) is 4.91. The molecule has 14 heteroatoms. The molecule has 1 aromatic heterocycles. The summed E-state index contributed by atoms with van der Waals surface area (Å²) in [6.07, 6.45) is 3.27. The molecule has 0 saturated heterocycles. The predicted octanol–water partition coefficient (Wildman–Crippen LogP) is 7.39. The molecule has 44 heavy (non-hydrogen) atoms. The van der Waals surface area contributed by atoms with Crippen LogP contribution in [0, 0.1) is 0 Å². The van der Waals surface area contributed by atoms with Gasteiger partial charge in [0.25, 0.3) is 5.91 Å². The molecule has 1 amide bonds. The molecule has 0 bridgehead atoms. The van der Waals surface area contributed by atoms with E-state index in [-0.39, 0.29) is 11.4 Å². The van der Waals surface area contributed by atoms with Gasteiger partial charge in [0.15, 0.2) is 23.1 Å². The summed E-state index contributed by atoms with van der Waals surface area (Å²) in [4.78, 5) is 35.7. The van der Waals surface area contributed by atoms with Crippen LogP contribution in [0.5, 0.6) is 23.0 Å². The number of halogens is 3. The van der Waals surface area contributed by atoms with Gasteiger partial charge in [-0.15, -0.1) is 0 Å². The first-order valence-corrected chi connectivity index (χ1v) is 15.9. The summed E-state index contributed by atoms with van der Waals surface area (Å²) in [7, 11) is 4.55. The van der Waals surface area contributed by atoms with Gasteiger partial charge in [-0.05, 0) is 64.0 Å². The standard InChI is InChI=1S/C30H23Br3N4O6S/c1-15(38)43-26-17(9-20(32)13-21(26)33)10-22-29(39)36-37(30-34-14-25(44-30)16-5-7-19(31)8-6-16)28(35-22)18-11-23(40-2)27(42-4)24(12-18)41-3/h5-14H,1-4H3,(H,36,39)/b22-10-. The van der Waals surface area contributed by atoms with Gasteiger partial charge in [-0.25, -0.2) is 15.0 Å². The van der Waals surface area contributed by atoms with E-state index < -0.39 is 11.9 Å². The van der Waals surface area contributed by atoms with Gasteiger partial charge in [-0.2, -0.15) is 0 Å². The van der Waals surface area contributed by atoms with E-state index in [0.29, 0.717) is 48.3 Å². The van der Waals surface area contributed by atoms with Crippen LogP contribution < -0.4 is 29.4 Å². The molecule has 2 heterocycles. The molecule has 10 nitrogen and oxygen atoms in total. The first-order valence-electron chi connectivity index (χ1n) is 12.7. The molecule has 0 fully saturated rings. The van der Waals surface area contributed by atoms with E-state index in [0.717, 1.165) is 14.9 Å². The monoisotopic (exact) mass is 804 g/mol. The van der Waals surface area contributed by atoms with Gasteiger partial charge in [-0.1, -0.05) is 55.3 Å². The Labute approximate surface area is 282 Å². The molecule has 226 valence electrons. The Morgan fingerprint density at radius 3 is 2.20 bits per heavy atom. The van der Waals surface area contributed by atoms with E-state index in [1.807, 2.05) is 24.3 Å². The Balaban J connectivity index is 1.69. The summed E-state index contributed by atoms with van der Waals surface area (Å²) >= 11 is 11.7. The topological polar surface area (TPSA) is 112 Å². The number of benzene rings is 3. The molecule has 1 aliphatic rings. The molecular weight excluding hydrogens is 784 g/mol. The second-order valence-electron chi connectivity index (χ2n) is 9.07. The zero-order chi connectivity index (χ0) is 31.5. The predicted molar refractivity (Wildman–Crippen MR) is 180 cm³/mol. The summed E-state index contributed by atoms with van der Waals surface area (Å²) in [5.74, 6) is 0.745. The minimum atomic E-state index is -0.515. The normalized spacial score (nSPS) is 13.8. The number of amides is 1. The van der Waals surface area contributed by atoms with Gasteiger partial charge in [0.1, 0.15) is 5.70 Å². The summed E-state index contributed by atoms with van der Waals surface area (Å²) < 4.78 is 24.3. The first kappa shape index (κ1) is 31.7. The van der Waals surface area contributed by atoms with Crippen molar-refractivity contribution in [2.45, 2.75) is 6.92 Å². The fourth-order valence-electron chi connectivity index (χ4n) is 4.27. The van der Waals surface area contributed by atoms with Crippen molar-refractivity contribution in [2.24, 2.45) is 4.99 Å². The molecular formula is C30H23Br3N4O6S. The maximum atomic E-state index is 13.6. The number of nitrogens with zero attached hydrogens (tertiary/aromatic N) is 3. The highest BCUT2D eigenvalue weighted by Crippen LogP contribution is 2.40. The smallest absolute Gasteiger partial charge is 0.308 e. The maximum Gasteiger partial charge on any atom is 0.308 e. The van der Waals surface area contributed by atoms with E-state index in [2.05, 4.69) is 58.2 Å². The van der Waals surface area contributed by atoms with Crippen molar-refractivity contribution in [3.05, 3.63) is 85.0 Å². The van der Waals surface area contributed by atoms with Crippen LogP contribution >= 0.6 is 59.1 Å². The summed E-state index contributed by atoms with van der Waals surface area (Å²) in [5, 5.41) is 1.98. The second-order valence-corrected chi connectivity index (χ2v) is 12.8. The number of hydrazine groups is 1. The molecule has 4 aromatic rings. The Hall–Kier alpha value is -3.72. The number of hydrogen-bond acceptors (Lipinski definition) is 10. The minimum Gasteiger partial charge on any atom is -0.493 e. The third-order valence-electron chi connectivity index (χ3n) is 6.20. The molecule has 0 atom stereocenters. The number of carbonyl (C=O) groups is 2. The molecule has 5 rings (SSSR count). The van der Waals surface area contributed by atoms with Crippen LogP contribution in [0.4, 0.5) is 5.13 Å². The van der Waals surface area contributed by atoms with Crippen LogP contribution in [-0.2, 0) is 9.59 Å². The Kier molecular flexibility index (Phi) is 9.73. The average Bonchev–Trinajstić information content (AvgIpc) is 3.49. The fraction of sp³-hybridized carbons (Fsp3) is 0.133. The Morgan fingerprint density at radius 1 is 0.909 bits per heavy atom. The minimum absolute atomic E-state index is 0.0492.